The van der Waals surface area contributed by atoms with Gasteiger partial charge in [-0.15, -0.1) is 0 Å². The number of hydrogen-bond donors (Lipinski definition) is 0. The summed E-state index contributed by atoms with van der Waals surface area (Å²) in [4.78, 5) is 0.266. The van der Waals surface area contributed by atoms with E-state index in [9.17, 15) is 8.42 Å². The summed E-state index contributed by atoms with van der Waals surface area (Å²) in [5.74, 6) is 1.44. The molecule has 0 bridgehead atoms. The Morgan fingerprint density at radius 1 is 0.960 bits per heavy atom. The van der Waals surface area contributed by atoms with Gasteiger partial charge in [-0.2, -0.15) is 4.31 Å². The van der Waals surface area contributed by atoms with Gasteiger partial charge >= 0.3 is 0 Å². The van der Waals surface area contributed by atoms with Gasteiger partial charge in [0.15, 0.2) is 11.5 Å². The first-order chi connectivity index (χ1) is 11.8. The van der Waals surface area contributed by atoms with Gasteiger partial charge in [-0.05, 0) is 42.3 Å². The average molecular weight is 365 g/mol. The second-order valence-corrected chi connectivity index (χ2v) is 7.66. The molecule has 0 fully saturated rings. The van der Waals surface area contributed by atoms with Crippen LogP contribution in [0, 0.1) is 6.92 Å². The van der Waals surface area contributed by atoms with Gasteiger partial charge in [0.05, 0.1) is 26.2 Å². The van der Waals surface area contributed by atoms with Crippen LogP contribution in [0.5, 0.6) is 17.2 Å². The van der Waals surface area contributed by atoms with Gasteiger partial charge in [0, 0.05) is 13.6 Å². The lowest BCUT2D eigenvalue weighted by atomic mass is 10.2. The third-order valence-corrected chi connectivity index (χ3v) is 5.63. The fourth-order valence-corrected chi connectivity index (χ4v) is 3.79. The zero-order valence-electron chi connectivity index (χ0n) is 15.1. The number of methoxy groups -OCH3 is 3. The second kappa shape index (κ2) is 7.76. The van der Waals surface area contributed by atoms with Crippen LogP contribution in [-0.2, 0) is 16.6 Å². The molecule has 2 aromatic carbocycles. The zero-order chi connectivity index (χ0) is 18.6. The van der Waals surface area contributed by atoms with Crippen molar-refractivity contribution >= 4 is 10.0 Å². The molecule has 2 rings (SSSR count). The Hall–Kier alpha value is -2.25. The van der Waals surface area contributed by atoms with E-state index in [0.717, 1.165) is 11.1 Å². The molecule has 2 aromatic rings. The van der Waals surface area contributed by atoms with Crippen molar-refractivity contribution in [2.45, 2.75) is 18.4 Å². The smallest absolute Gasteiger partial charge is 0.243 e. The van der Waals surface area contributed by atoms with Crippen LogP contribution in [0.3, 0.4) is 0 Å². The van der Waals surface area contributed by atoms with Crippen LogP contribution >= 0.6 is 0 Å². The van der Waals surface area contributed by atoms with Crippen molar-refractivity contribution in [2.75, 3.05) is 28.4 Å². The first-order valence-corrected chi connectivity index (χ1v) is 9.09. The average Bonchev–Trinajstić information content (AvgIpc) is 2.60. The highest BCUT2D eigenvalue weighted by Gasteiger charge is 2.22. The molecule has 0 aliphatic heterocycles. The minimum atomic E-state index is -3.59. The number of rotatable bonds is 7. The third-order valence-electron chi connectivity index (χ3n) is 3.83. The molecule has 0 radical (unpaired) electrons. The Bertz CT molecular complexity index is 823. The number of nitrogens with zero attached hydrogens (tertiary/aromatic N) is 1. The van der Waals surface area contributed by atoms with Crippen molar-refractivity contribution in [3.63, 3.8) is 0 Å². The molecule has 136 valence electrons. The number of benzene rings is 2. The molecule has 0 aliphatic rings. The first kappa shape index (κ1) is 19.1. The monoisotopic (exact) mass is 365 g/mol. The molecular weight excluding hydrogens is 342 g/mol. The maximum atomic E-state index is 12.8. The van der Waals surface area contributed by atoms with Crippen LogP contribution in [-0.4, -0.2) is 41.1 Å². The topological polar surface area (TPSA) is 65.1 Å². The fraction of sp³-hybridized carbons (Fsp3) is 0.333. The summed E-state index contributed by atoms with van der Waals surface area (Å²) < 4.78 is 42.7. The van der Waals surface area contributed by atoms with Crippen molar-refractivity contribution in [3.8, 4) is 17.2 Å². The quantitative estimate of drug-likeness (QED) is 0.755. The van der Waals surface area contributed by atoms with Crippen LogP contribution in [0.4, 0.5) is 0 Å². The van der Waals surface area contributed by atoms with Crippen molar-refractivity contribution in [2.24, 2.45) is 0 Å². The van der Waals surface area contributed by atoms with Crippen LogP contribution in [0.1, 0.15) is 11.1 Å². The van der Waals surface area contributed by atoms with Crippen molar-refractivity contribution in [1.29, 1.82) is 0 Å². The Morgan fingerprint density at radius 3 is 2.04 bits per heavy atom. The maximum Gasteiger partial charge on any atom is 0.243 e. The summed E-state index contributed by atoms with van der Waals surface area (Å²) in [5, 5.41) is 0. The Labute approximate surface area is 149 Å². The predicted molar refractivity (Wildman–Crippen MR) is 95.9 cm³/mol. The minimum Gasteiger partial charge on any atom is -0.493 e. The van der Waals surface area contributed by atoms with E-state index in [1.165, 1.54) is 25.6 Å². The Morgan fingerprint density at radius 2 is 1.56 bits per heavy atom. The molecule has 0 unspecified atom stereocenters. The molecule has 0 saturated heterocycles. The lowest BCUT2D eigenvalue weighted by Crippen LogP contribution is -2.26. The van der Waals surface area contributed by atoms with Crippen LogP contribution in [0.2, 0.25) is 0 Å². The Balaban J connectivity index is 2.35. The normalized spacial score (nSPS) is 11.4. The van der Waals surface area contributed by atoms with Crippen molar-refractivity contribution in [3.05, 3.63) is 47.5 Å². The summed E-state index contributed by atoms with van der Waals surface area (Å²) >= 11 is 0. The molecule has 0 heterocycles. The van der Waals surface area contributed by atoms with Gasteiger partial charge in [-0.1, -0.05) is 12.1 Å². The summed E-state index contributed by atoms with van der Waals surface area (Å²) in [6.07, 6.45) is 0. The van der Waals surface area contributed by atoms with E-state index in [1.54, 1.807) is 37.4 Å². The van der Waals surface area contributed by atoms with E-state index in [2.05, 4.69) is 0 Å². The first-order valence-electron chi connectivity index (χ1n) is 7.65. The van der Waals surface area contributed by atoms with Gasteiger partial charge < -0.3 is 14.2 Å². The molecule has 6 nitrogen and oxygen atoms in total. The zero-order valence-corrected chi connectivity index (χ0v) is 15.9. The number of ether oxygens (including phenoxy) is 3. The molecule has 7 heteroatoms. The third kappa shape index (κ3) is 4.05. The summed E-state index contributed by atoms with van der Waals surface area (Å²) in [6, 6.07) is 10.3. The van der Waals surface area contributed by atoms with E-state index < -0.39 is 10.0 Å². The van der Waals surface area contributed by atoms with E-state index >= 15 is 0 Å². The molecule has 0 aromatic heterocycles. The van der Waals surface area contributed by atoms with E-state index in [0.29, 0.717) is 17.2 Å². The van der Waals surface area contributed by atoms with Crippen molar-refractivity contribution < 1.29 is 22.6 Å². The van der Waals surface area contributed by atoms with Gasteiger partial charge in [0.1, 0.15) is 0 Å². The van der Waals surface area contributed by atoms with Crippen molar-refractivity contribution in [1.82, 2.24) is 4.31 Å². The molecule has 0 spiro atoms. The molecule has 0 N–H and O–H groups in total. The van der Waals surface area contributed by atoms with Crippen LogP contribution in [0.25, 0.3) is 0 Å². The summed E-state index contributed by atoms with van der Waals surface area (Å²) in [6.45, 7) is 2.03. The van der Waals surface area contributed by atoms with E-state index in [1.807, 2.05) is 13.0 Å². The van der Waals surface area contributed by atoms with Crippen LogP contribution in [0.15, 0.2) is 41.3 Å². The summed E-state index contributed by atoms with van der Waals surface area (Å²) in [5.41, 5.74) is 1.62. The number of hydrogen-bond acceptors (Lipinski definition) is 5. The lowest BCUT2D eigenvalue weighted by molar-refractivity contribution is 0.323. The van der Waals surface area contributed by atoms with Gasteiger partial charge in [-0.25, -0.2) is 8.42 Å². The summed E-state index contributed by atoms with van der Waals surface area (Å²) in [7, 11) is 2.51. The largest absolute Gasteiger partial charge is 0.493 e. The van der Waals surface area contributed by atoms with Gasteiger partial charge in [0.25, 0.3) is 0 Å². The highest BCUT2D eigenvalue weighted by atomic mass is 32.2. The number of sulfonamides is 1. The van der Waals surface area contributed by atoms with Gasteiger partial charge in [0.2, 0.25) is 15.8 Å². The molecule has 0 atom stereocenters. The minimum absolute atomic E-state index is 0.174. The van der Waals surface area contributed by atoms with E-state index in [4.69, 9.17) is 14.2 Å². The highest BCUT2D eigenvalue weighted by molar-refractivity contribution is 7.89. The second-order valence-electron chi connectivity index (χ2n) is 5.61. The maximum absolute atomic E-state index is 12.8. The standard InChI is InChI=1S/C18H23NO5S/c1-13-7-6-8-15(9-13)25(20,21)19(2)12-14-10-16(22-3)18(24-5)17(11-14)23-4/h6-11H,12H2,1-5H3. The predicted octanol–water partition coefficient (Wildman–Crippen LogP) is 2.84. The van der Waals surface area contributed by atoms with E-state index in [-0.39, 0.29) is 11.4 Å². The number of aryl methyl sites for hydroxylation is 1. The van der Waals surface area contributed by atoms with Crippen LogP contribution < -0.4 is 14.2 Å². The van der Waals surface area contributed by atoms with Gasteiger partial charge in [-0.3, -0.25) is 0 Å². The molecule has 25 heavy (non-hydrogen) atoms. The Kier molecular flexibility index (Phi) is 5.92. The lowest BCUT2D eigenvalue weighted by Gasteiger charge is -2.19. The molecule has 0 amide bonds. The fourth-order valence-electron chi connectivity index (χ4n) is 2.52. The molecule has 0 saturated carbocycles. The molecular formula is C18H23NO5S. The SMILES string of the molecule is COc1cc(CN(C)S(=O)(=O)c2cccc(C)c2)cc(OC)c1OC. The highest BCUT2D eigenvalue weighted by Crippen LogP contribution is 2.38. The molecule has 0 aliphatic carbocycles.